The van der Waals surface area contributed by atoms with Crippen molar-refractivity contribution in [2.45, 2.75) is 19.8 Å². The van der Waals surface area contributed by atoms with Crippen molar-refractivity contribution in [3.05, 3.63) is 42.0 Å². The summed E-state index contributed by atoms with van der Waals surface area (Å²) in [5, 5.41) is 2.18. The Balaban J connectivity index is 2.33. The lowest BCUT2D eigenvalue weighted by molar-refractivity contribution is -0.144. The van der Waals surface area contributed by atoms with E-state index >= 15 is 0 Å². The van der Waals surface area contributed by atoms with Crippen molar-refractivity contribution < 1.29 is 19.1 Å². The van der Waals surface area contributed by atoms with Crippen molar-refractivity contribution in [2.75, 3.05) is 6.61 Å². The summed E-state index contributed by atoms with van der Waals surface area (Å²) in [7, 11) is 0. The van der Waals surface area contributed by atoms with Gasteiger partial charge in [0.05, 0.1) is 13.0 Å². The van der Waals surface area contributed by atoms with Gasteiger partial charge in [0, 0.05) is 12.5 Å². The van der Waals surface area contributed by atoms with Crippen LogP contribution in [-0.2, 0) is 19.1 Å². The van der Waals surface area contributed by atoms with Crippen molar-refractivity contribution in [3.8, 4) is 0 Å². The number of amides is 2. The molecule has 0 aliphatic rings. The highest BCUT2D eigenvalue weighted by Gasteiger charge is 2.09. The van der Waals surface area contributed by atoms with E-state index in [1.807, 2.05) is 30.3 Å². The average Bonchev–Trinajstić information content (AvgIpc) is 2.44. The molecule has 0 atom stereocenters. The molecule has 0 spiro atoms. The van der Waals surface area contributed by atoms with Gasteiger partial charge >= 0.3 is 5.97 Å². The molecular weight excluding hydrogens is 258 g/mol. The minimum Gasteiger partial charge on any atom is -0.466 e. The van der Waals surface area contributed by atoms with E-state index in [2.05, 4.69) is 10.1 Å². The van der Waals surface area contributed by atoms with Crippen LogP contribution in [0, 0.1) is 0 Å². The molecule has 0 heterocycles. The van der Waals surface area contributed by atoms with Crippen LogP contribution in [0.2, 0.25) is 0 Å². The van der Waals surface area contributed by atoms with Gasteiger partial charge in [-0.3, -0.25) is 19.7 Å². The topological polar surface area (TPSA) is 72.5 Å². The minimum absolute atomic E-state index is 0.0324. The molecule has 0 radical (unpaired) electrons. The van der Waals surface area contributed by atoms with Gasteiger partial charge in [0.15, 0.2) is 0 Å². The molecule has 106 valence electrons. The standard InChI is InChI=1S/C15H17NO4/c1-2-20-15(19)11-10-14(18)16-13(17)9-8-12-6-4-3-5-7-12/h3-9H,2,10-11H2,1H3,(H,16,17,18)/b9-8+. The van der Waals surface area contributed by atoms with Crippen LogP contribution in [0.4, 0.5) is 0 Å². The molecule has 1 N–H and O–H groups in total. The molecule has 0 unspecified atom stereocenters. The number of imide groups is 1. The minimum atomic E-state index is -0.511. The van der Waals surface area contributed by atoms with Crippen LogP contribution in [-0.4, -0.2) is 24.4 Å². The molecule has 0 saturated carbocycles. The van der Waals surface area contributed by atoms with Gasteiger partial charge in [0.2, 0.25) is 5.91 Å². The lowest BCUT2D eigenvalue weighted by Crippen LogP contribution is -2.29. The van der Waals surface area contributed by atoms with Crippen LogP contribution < -0.4 is 5.32 Å². The zero-order chi connectivity index (χ0) is 14.8. The fourth-order valence-electron chi connectivity index (χ4n) is 1.43. The largest absolute Gasteiger partial charge is 0.466 e. The van der Waals surface area contributed by atoms with Crippen molar-refractivity contribution in [1.29, 1.82) is 0 Å². The SMILES string of the molecule is CCOC(=O)CCC(=O)NC(=O)/C=C/c1ccccc1. The molecular formula is C15H17NO4. The van der Waals surface area contributed by atoms with Crippen LogP contribution in [0.25, 0.3) is 6.08 Å². The first-order valence-corrected chi connectivity index (χ1v) is 6.34. The van der Waals surface area contributed by atoms with E-state index < -0.39 is 17.8 Å². The molecule has 5 heteroatoms. The van der Waals surface area contributed by atoms with E-state index in [1.54, 1.807) is 13.0 Å². The number of hydrogen-bond donors (Lipinski definition) is 1. The number of rotatable bonds is 6. The van der Waals surface area contributed by atoms with Crippen LogP contribution >= 0.6 is 0 Å². The van der Waals surface area contributed by atoms with Gasteiger partial charge in [-0.1, -0.05) is 30.3 Å². The molecule has 0 aliphatic heterocycles. The van der Waals surface area contributed by atoms with Crippen LogP contribution in [0.1, 0.15) is 25.3 Å². The maximum Gasteiger partial charge on any atom is 0.306 e. The molecule has 0 aliphatic carbocycles. The van der Waals surface area contributed by atoms with Gasteiger partial charge in [0.25, 0.3) is 5.91 Å². The summed E-state index contributed by atoms with van der Waals surface area (Å²) in [4.78, 5) is 33.9. The fraction of sp³-hybridized carbons (Fsp3) is 0.267. The first-order chi connectivity index (χ1) is 9.61. The highest BCUT2D eigenvalue weighted by Crippen LogP contribution is 2.00. The predicted octanol–water partition coefficient (Wildman–Crippen LogP) is 1.69. The number of ether oxygens (including phenoxy) is 1. The third-order valence-corrected chi connectivity index (χ3v) is 2.35. The predicted molar refractivity (Wildman–Crippen MR) is 74.5 cm³/mol. The molecule has 0 bridgehead atoms. The Labute approximate surface area is 117 Å². The number of esters is 1. The third kappa shape index (κ3) is 6.49. The second kappa shape index (κ2) is 8.63. The van der Waals surface area contributed by atoms with Gasteiger partial charge in [-0.2, -0.15) is 0 Å². The molecule has 5 nitrogen and oxygen atoms in total. The highest BCUT2D eigenvalue weighted by molar-refractivity contribution is 6.03. The molecule has 20 heavy (non-hydrogen) atoms. The Morgan fingerprint density at radius 1 is 1.15 bits per heavy atom. The molecule has 0 fully saturated rings. The molecule has 1 aromatic carbocycles. The molecule has 0 aromatic heterocycles. The van der Waals surface area contributed by atoms with Crippen molar-refractivity contribution >= 4 is 23.9 Å². The monoisotopic (exact) mass is 275 g/mol. The first-order valence-electron chi connectivity index (χ1n) is 6.34. The average molecular weight is 275 g/mol. The number of carbonyl (C=O) groups excluding carboxylic acids is 3. The van der Waals surface area contributed by atoms with E-state index in [4.69, 9.17) is 0 Å². The molecule has 1 rings (SSSR count). The number of carbonyl (C=O) groups is 3. The Bertz CT molecular complexity index is 494. The Kier molecular flexibility index (Phi) is 6.75. The Morgan fingerprint density at radius 3 is 2.50 bits per heavy atom. The van der Waals surface area contributed by atoms with Crippen LogP contribution in [0.3, 0.4) is 0 Å². The van der Waals surface area contributed by atoms with Gasteiger partial charge in [-0.15, -0.1) is 0 Å². The van der Waals surface area contributed by atoms with Gasteiger partial charge in [0.1, 0.15) is 0 Å². The zero-order valence-electron chi connectivity index (χ0n) is 11.3. The smallest absolute Gasteiger partial charge is 0.306 e. The first kappa shape index (κ1) is 15.6. The zero-order valence-corrected chi connectivity index (χ0v) is 11.3. The van der Waals surface area contributed by atoms with Crippen LogP contribution in [0.15, 0.2) is 36.4 Å². The summed E-state index contributed by atoms with van der Waals surface area (Å²) in [6.07, 6.45) is 2.78. The second-order valence-electron chi connectivity index (χ2n) is 3.96. The van der Waals surface area contributed by atoms with Crippen molar-refractivity contribution in [3.63, 3.8) is 0 Å². The van der Waals surface area contributed by atoms with Gasteiger partial charge in [-0.05, 0) is 18.6 Å². The van der Waals surface area contributed by atoms with Gasteiger partial charge < -0.3 is 4.74 Å². The van der Waals surface area contributed by atoms with Crippen LogP contribution in [0.5, 0.6) is 0 Å². The van der Waals surface area contributed by atoms with E-state index in [1.165, 1.54) is 6.08 Å². The maximum absolute atomic E-state index is 11.5. The van der Waals surface area contributed by atoms with E-state index in [0.717, 1.165) is 5.56 Å². The summed E-state index contributed by atoms with van der Waals surface area (Å²) in [5.74, 6) is -1.46. The number of hydrogen-bond acceptors (Lipinski definition) is 4. The normalized spacial score (nSPS) is 10.2. The Morgan fingerprint density at radius 2 is 1.85 bits per heavy atom. The quantitative estimate of drug-likeness (QED) is 0.633. The lowest BCUT2D eigenvalue weighted by Gasteiger charge is -2.02. The van der Waals surface area contributed by atoms with E-state index in [-0.39, 0.29) is 19.4 Å². The number of nitrogens with one attached hydrogen (secondary N) is 1. The summed E-state index contributed by atoms with van der Waals surface area (Å²) < 4.78 is 4.68. The molecule has 2 amide bonds. The number of benzene rings is 1. The summed E-state index contributed by atoms with van der Waals surface area (Å²) in [6, 6.07) is 9.25. The van der Waals surface area contributed by atoms with Crippen molar-refractivity contribution in [1.82, 2.24) is 5.32 Å². The second-order valence-corrected chi connectivity index (χ2v) is 3.96. The highest BCUT2D eigenvalue weighted by atomic mass is 16.5. The summed E-state index contributed by atoms with van der Waals surface area (Å²) >= 11 is 0. The van der Waals surface area contributed by atoms with Crippen molar-refractivity contribution in [2.24, 2.45) is 0 Å². The van der Waals surface area contributed by atoms with E-state index in [0.29, 0.717) is 0 Å². The molecule has 0 saturated heterocycles. The fourth-order valence-corrected chi connectivity index (χ4v) is 1.43. The molecule has 1 aromatic rings. The summed E-state index contributed by atoms with van der Waals surface area (Å²) in [5.41, 5.74) is 0.863. The van der Waals surface area contributed by atoms with Gasteiger partial charge in [-0.25, -0.2) is 0 Å². The summed E-state index contributed by atoms with van der Waals surface area (Å²) in [6.45, 7) is 1.97. The Hall–Kier alpha value is -2.43. The third-order valence-electron chi connectivity index (χ3n) is 2.35. The maximum atomic E-state index is 11.5. The van der Waals surface area contributed by atoms with E-state index in [9.17, 15) is 14.4 Å². The lowest BCUT2D eigenvalue weighted by atomic mass is 10.2.